The van der Waals surface area contributed by atoms with E-state index in [0.717, 1.165) is 28.1 Å². The number of aryl methyl sites for hydroxylation is 1. The Morgan fingerprint density at radius 2 is 1.81 bits per heavy atom. The quantitative estimate of drug-likeness (QED) is 0.154. The van der Waals surface area contributed by atoms with E-state index in [2.05, 4.69) is 41.2 Å². The van der Waals surface area contributed by atoms with Gasteiger partial charge in [-0.3, -0.25) is 9.67 Å². The molecule has 1 atom stereocenters. The van der Waals surface area contributed by atoms with Gasteiger partial charge >= 0.3 is 0 Å². The van der Waals surface area contributed by atoms with Crippen molar-refractivity contribution in [3.8, 4) is 22.8 Å². The molecule has 0 spiro atoms. The Balaban J connectivity index is 1.25. The van der Waals surface area contributed by atoms with Crippen LogP contribution >= 0.6 is 11.6 Å². The third-order valence-electron chi connectivity index (χ3n) is 8.41. The van der Waals surface area contributed by atoms with Crippen molar-refractivity contribution in [2.75, 3.05) is 0 Å². The third kappa shape index (κ3) is 5.90. The number of alkyl halides is 2. The van der Waals surface area contributed by atoms with Gasteiger partial charge < -0.3 is 14.0 Å². The van der Waals surface area contributed by atoms with Crippen molar-refractivity contribution in [3.05, 3.63) is 59.3 Å². The average molecular weight is 625 g/mol. The first-order valence-electron chi connectivity index (χ1n) is 14.4. The van der Waals surface area contributed by atoms with E-state index < -0.39 is 14.0 Å². The minimum Gasteiger partial charge on any atom is -0.456 e. The number of ether oxygens (including phenoxy) is 2. The van der Waals surface area contributed by atoms with Gasteiger partial charge in [0.25, 0.3) is 0 Å². The summed E-state index contributed by atoms with van der Waals surface area (Å²) in [7, 11) is -1.44. The first-order valence-corrected chi connectivity index (χ1v) is 18.4. The van der Waals surface area contributed by atoms with E-state index in [-0.39, 0.29) is 24.5 Å². The summed E-state index contributed by atoms with van der Waals surface area (Å²) in [5.41, 5.74) is 5.31. The summed E-state index contributed by atoms with van der Waals surface area (Å²) in [5, 5.41) is 4.78. The Labute approximate surface area is 255 Å². The zero-order chi connectivity index (χ0) is 30.7. The largest absolute Gasteiger partial charge is 0.456 e. The maximum atomic E-state index is 13.3. The van der Waals surface area contributed by atoms with E-state index in [1.807, 2.05) is 38.1 Å². The van der Waals surface area contributed by atoms with Crippen LogP contribution in [0.15, 0.2) is 42.7 Å². The molecule has 1 unspecified atom stereocenters. The van der Waals surface area contributed by atoms with E-state index in [9.17, 15) is 8.78 Å². The minimum absolute atomic E-state index is 0.0821. The van der Waals surface area contributed by atoms with E-state index in [0.29, 0.717) is 46.5 Å². The molecule has 0 aliphatic heterocycles. The highest BCUT2D eigenvalue weighted by molar-refractivity contribution is 6.77. The van der Waals surface area contributed by atoms with Gasteiger partial charge in [0.05, 0.1) is 42.7 Å². The number of fused-ring (bicyclic) bond motifs is 2. The first kappa shape index (κ1) is 29.6. The molecule has 0 bridgehead atoms. The van der Waals surface area contributed by atoms with Crippen molar-refractivity contribution in [1.82, 2.24) is 29.3 Å². The predicted octanol–water partition coefficient (Wildman–Crippen LogP) is 8.19. The number of hydrogen-bond acceptors (Lipinski definition) is 6. The molecule has 6 rings (SSSR count). The lowest BCUT2D eigenvalue weighted by atomic mass is 9.81. The van der Waals surface area contributed by atoms with Crippen LogP contribution in [0.4, 0.5) is 8.78 Å². The molecule has 0 N–H and O–H groups in total. The number of aromatic nitrogens is 6. The second-order valence-corrected chi connectivity index (χ2v) is 18.5. The molecule has 0 saturated heterocycles. The molecule has 0 radical (unpaired) electrons. The van der Waals surface area contributed by atoms with E-state index in [4.69, 9.17) is 31.0 Å². The highest BCUT2D eigenvalue weighted by Crippen LogP contribution is 2.43. The van der Waals surface area contributed by atoms with Crippen molar-refractivity contribution >= 4 is 41.7 Å². The Morgan fingerprint density at radius 1 is 1.07 bits per heavy atom. The Bertz CT molecular complexity index is 1820. The van der Waals surface area contributed by atoms with Crippen LogP contribution in [0.25, 0.3) is 33.3 Å². The summed E-state index contributed by atoms with van der Waals surface area (Å²) in [6, 6.07) is 9.33. The van der Waals surface area contributed by atoms with Crippen molar-refractivity contribution in [3.63, 3.8) is 0 Å². The van der Waals surface area contributed by atoms with Crippen LogP contribution in [-0.2, 0) is 18.0 Å². The summed E-state index contributed by atoms with van der Waals surface area (Å²) < 4.78 is 43.0. The number of imidazole rings is 1. The summed E-state index contributed by atoms with van der Waals surface area (Å²) in [5.74, 6) is -0.714. The van der Waals surface area contributed by atoms with Gasteiger partial charge in [-0.1, -0.05) is 31.2 Å². The van der Waals surface area contributed by atoms with Gasteiger partial charge in [0.1, 0.15) is 34.6 Å². The number of benzene rings is 2. The van der Waals surface area contributed by atoms with E-state index in [1.165, 1.54) is 0 Å². The summed E-state index contributed by atoms with van der Waals surface area (Å²) in [6.45, 7) is 13.7. The summed E-state index contributed by atoms with van der Waals surface area (Å²) in [6.07, 6.45) is 3.17. The molecule has 0 amide bonds. The van der Waals surface area contributed by atoms with Crippen LogP contribution in [0.5, 0.6) is 11.5 Å². The Kier molecular flexibility index (Phi) is 7.54. The van der Waals surface area contributed by atoms with Gasteiger partial charge in [0.2, 0.25) is 5.92 Å². The molecule has 5 aromatic rings. The van der Waals surface area contributed by atoms with Crippen LogP contribution in [0.3, 0.4) is 0 Å². The molecule has 1 fully saturated rings. The van der Waals surface area contributed by atoms with Gasteiger partial charge in [0.15, 0.2) is 0 Å². The highest BCUT2D eigenvalue weighted by atomic mass is 35.5. The number of hydrogen-bond donors (Lipinski definition) is 0. The van der Waals surface area contributed by atoms with Gasteiger partial charge in [-0.05, 0) is 51.0 Å². The molecule has 1 aliphatic carbocycles. The molecule has 3 aromatic heterocycles. The third-order valence-corrected chi connectivity index (χ3v) is 11.4. The molecule has 226 valence electrons. The van der Waals surface area contributed by atoms with Crippen LogP contribution in [0, 0.1) is 19.8 Å². The fraction of sp³-hybridized carbons (Fsp3) is 0.419. The molecule has 8 nitrogen and oxygen atoms in total. The van der Waals surface area contributed by atoms with Gasteiger partial charge in [-0.25, -0.2) is 18.7 Å². The molecule has 1 saturated carbocycles. The molecule has 1 aliphatic rings. The number of nitrogens with zero attached hydrogens (tertiary/aromatic N) is 6. The monoisotopic (exact) mass is 624 g/mol. The molecule has 12 heteroatoms. The maximum Gasteiger partial charge on any atom is 0.248 e. The van der Waals surface area contributed by atoms with Crippen molar-refractivity contribution in [1.29, 1.82) is 0 Å². The van der Waals surface area contributed by atoms with Crippen LogP contribution in [-0.4, -0.2) is 49.0 Å². The summed E-state index contributed by atoms with van der Waals surface area (Å²) >= 11 is 6.85. The predicted molar refractivity (Wildman–Crippen MR) is 167 cm³/mol. The van der Waals surface area contributed by atoms with Gasteiger partial charge in [-0.15, -0.1) is 0 Å². The lowest BCUT2D eigenvalue weighted by molar-refractivity contribution is -0.114. The second kappa shape index (κ2) is 10.9. The normalized spacial score (nSPS) is 16.1. The minimum atomic E-state index is -2.55. The highest BCUT2D eigenvalue weighted by Gasteiger charge is 2.45. The molecular weight excluding hydrogens is 590 g/mol. The average Bonchev–Trinajstić information content (AvgIpc) is 3.45. The van der Waals surface area contributed by atoms with Crippen LogP contribution in [0.2, 0.25) is 24.7 Å². The fourth-order valence-electron chi connectivity index (χ4n) is 5.29. The van der Waals surface area contributed by atoms with E-state index >= 15 is 0 Å². The maximum absolute atomic E-state index is 13.3. The molecule has 2 aromatic carbocycles. The number of halogens is 3. The Morgan fingerprint density at radius 3 is 2.53 bits per heavy atom. The number of rotatable bonds is 9. The molecule has 3 heterocycles. The van der Waals surface area contributed by atoms with Gasteiger partial charge in [0, 0.05) is 42.4 Å². The summed E-state index contributed by atoms with van der Waals surface area (Å²) in [4.78, 5) is 14.1. The lowest BCUT2D eigenvalue weighted by Crippen LogP contribution is -2.38. The first-order chi connectivity index (χ1) is 20.3. The molecule has 43 heavy (non-hydrogen) atoms. The lowest BCUT2D eigenvalue weighted by Gasteiger charge is -2.34. The van der Waals surface area contributed by atoms with Gasteiger partial charge in [-0.2, -0.15) is 5.10 Å². The van der Waals surface area contributed by atoms with Crippen molar-refractivity contribution < 1.29 is 18.3 Å². The van der Waals surface area contributed by atoms with Crippen LogP contribution in [0.1, 0.15) is 31.3 Å². The van der Waals surface area contributed by atoms with Crippen molar-refractivity contribution in [2.24, 2.45) is 5.92 Å². The standard InChI is InChI=1S/C31H35ClF2N6O2Si/c1-18-23(14-36-40(18)16-21-12-31(33,34)13-21)26-15-35-25-9-10-28(29(32)30(25)38-26)42-22-7-8-24-27(11-22)39(19(2)37-24)17-41-20(3)43(4,5)6/h7-11,14-15,20-21H,12-13,16-17H2,1-6H3. The second-order valence-electron chi connectivity index (χ2n) is 12.6. The van der Waals surface area contributed by atoms with Crippen LogP contribution < -0.4 is 4.74 Å². The smallest absolute Gasteiger partial charge is 0.248 e. The van der Waals surface area contributed by atoms with Crippen molar-refractivity contribution in [2.45, 2.75) is 78.2 Å². The Hall–Kier alpha value is -3.41. The zero-order valence-corrected chi connectivity index (χ0v) is 26.9. The zero-order valence-electron chi connectivity index (χ0n) is 25.2. The molecular formula is C31H35ClF2N6O2Si. The topological polar surface area (TPSA) is 79.9 Å². The van der Waals surface area contributed by atoms with E-state index in [1.54, 1.807) is 23.1 Å². The fourth-order valence-corrected chi connectivity index (χ4v) is 6.10. The SMILES string of the molecule is Cc1c(-c2cnc3ccc(Oc4ccc5nc(C)n(COC(C)[Si](C)(C)C)c5c4)c(Cl)c3n2)cnn1CC1CC(F)(F)C1.